The van der Waals surface area contributed by atoms with E-state index in [4.69, 9.17) is 10.2 Å². The Hall–Kier alpha value is -1.84. The molecule has 0 radical (unpaired) electrons. The van der Waals surface area contributed by atoms with E-state index in [0.29, 0.717) is 6.29 Å². The molecule has 0 unspecified atom stereocenters. The zero-order valence-corrected chi connectivity index (χ0v) is 6.02. The molecule has 4 nitrogen and oxygen atoms in total. The van der Waals surface area contributed by atoms with Gasteiger partial charge in [0.25, 0.3) is 0 Å². The van der Waals surface area contributed by atoms with E-state index in [1.54, 1.807) is 0 Å². The van der Waals surface area contributed by atoms with Crippen molar-refractivity contribution in [2.75, 3.05) is 0 Å². The average molecular weight is 166 g/mol. The van der Waals surface area contributed by atoms with Gasteiger partial charge in [-0.2, -0.15) is 0 Å². The van der Waals surface area contributed by atoms with Gasteiger partial charge in [-0.1, -0.05) is 0 Å². The second-order valence-electron chi connectivity index (χ2n) is 2.19. The fourth-order valence-corrected chi connectivity index (χ4v) is 0.842. The maximum absolute atomic E-state index is 10.5. The molecule has 0 saturated carbocycles. The summed E-state index contributed by atoms with van der Waals surface area (Å²) in [5.41, 5.74) is -0.134. The highest BCUT2D eigenvalue weighted by Crippen LogP contribution is 2.14. The fraction of sp³-hybridized carbons (Fsp3) is 0. The van der Waals surface area contributed by atoms with Crippen LogP contribution in [0.4, 0.5) is 0 Å². The van der Waals surface area contributed by atoms with Gasteiger partial charge in [0.2, 0.25) is 0 Å². The largest absolute Gasteiger partial charge is 0.508 e. The first-order valence-electron chi connectivity index (χ1n) is 3.16. The Labute approximate surface area is 68.1 Å². The highest BCUT2D eigenvalue weighted by atomic mass is 16.4. The second-order valence-corrected chi connectivity index (χ2v) is 2.19. The molecule has 0 amide bonds. The number of hydrogen-bond donors (Lipinski definition) is 2. The summed E-state index contributed by atoms with van der Waals surface area (Å²) in [5.74, 6) is -1.31. The Morgan fingerprint density at radius 2 is 2.08 bits per heavy atom. The zero-order chi connectivity index (χ0) is 9.14. The number of carbonyl (C=O) groups is 2. The number of hydrogen-bond acceptors (Lipinski definition) is 3. The summed E-state index contributed by atoms with van der Waals surface area (Å²) < 4.78 is 0. The van der Waals surface area contributed by atoms with E-state index in [9.17, 15) is 9.59 Å². The van der Waals surface area contributed by atoms with Gasteiger partial charge >= 0.3 is 5.97 Å². The van der Waals surface area contributed by atoms with E-state index in [1.165, 1.54) is 12.1 Å². The van der Waals surface area contributed by atoms with E-state index in [1.807, 2.05) is 0 Å². The lowest BCUT2D eigenvalue weighted by Crippen LogP contribution is -2.00. The molecule has 1 rings (SSSR count). The van der Waals surface area contributed by atoms with Crippen LogP contribution in [0.2, 0.25) is 0 Å². The van der Waals surface area contributed by atoms with Crippen molar-refractivity contribution >= 4 is 12.3 Å². The molecular weight excluding hydrogens is 160 g/mol. The van der Waals surface area contributed by atoms with E-state index in [0.717, 1.165) is 6.07 Å². The molecule has 0 aromatic heterocycles. The number of benzene rings is 1. The van der Waals surface area contributed by atoms with Gasteiger partial charge in [-0.25, -0.2) is 4.79 Å². The van der Waals surface area contributed by atoms with Gasteiger partial charge in [-0.3, -0.25) is 4.79 Å². The lowest BCUT2D eigenvalue weighted by atomic mass is 10.1. The molecule has 0 aliphatic rings. The fourth-order valence-electron chi connectivity index (χ4n) is 0.842. The summed E-state index contributed by atoms with van der Waals surface area (Å²) in [5, 5.41) is 17.4. The Kier molecular flexibility index (Phi) is 2.09. The molecule has 1 aromatic rings. The number of phenols is 1. The van der Waals surface area contributed by atoms with Crippen LogP contribution in [0.15, 0.2) is 18.2 Å². The summed E-state index contributed by atoms with van der Waals surface area (Å²) in [7, 11) is 0. The van der Waals surface area contributed by atoms with Gasteiger partial charge in [-0.15, -0.1) is 0 Å². The SMILES string of the molecule is O=Cc1cc(O)ccc1C(=O)O. The number of carboxylic acids is 1. The molecule has 0 aliphatic heterocycles. The first-order chi connectivity index (χ1) is 5.65. The standard InChI is InChI=1S/C8H6O4/c9-4-5-3-6(10)1-2-7(5)8(11)12/h1-4,10H,(H,11,12). The van der Waals surface area contributed by atoms with Crippen molar-refractivity contribution in [3.8, 4) is 5.75 Å². The van der Waals surface area contributed by atoms with Crippen LogP contribution in [0, 0.1) is 0 Å². The minimum atomic E-state index is -1.18. The Bertz CT molecular complexity index is 330. The lowest BCUT2D eigenvalue weighted by molar-refractivity contribution is 0.0694. The van der Waals surface area contributed by atoms with Crippen molar-refractivity contribution in [3.05, 3.63) is 29.3 Å². The number of aromatic hydroxyl groups is 1. The molecule has 2 N–H and O–H groups in total. The van der Waals surface area contributed by atoms with Gasteiger partial charge in [0.15, 0.2) is 6.29 Å². The van der Waals surface area contributed by atoms with E-state index in [-0.39, 0.29) is 16.9 Å². The molecule has 62 valence electrons. The molecule has 1 aromatic carbocycles. The van der Waals surface area contributed by atoms with Crippen LogP contribution in [-0.4, -0.2) is 22.5 Å². The number of rotatable bonds is 2. The summed E-state index contributed by atoms with van der Waals surface area (Å²) in [6, 6.07) is 3.51. The number of carboxylic acid groups (broad SMARTS) is 1. The van der Waals surface area contributed by atoms with Crippen LogP contribution >= 0.6 is 0 Å². The first kappa shape index (κ1) is 8.26. The second kappa shape index (κ2) is 3.04. The molecule has 4 heteroatoms. The third-order valence-electron chi connectivity index (χ3n) is 1.39. The van der Waals surface area contributed by atoms with Crippen LogP contribution < -0.4 is 0 Å². The Balaban J connectivity index is 3.29. The molecule has 0 aliphatic carbocycles. The number of aromatic carboxylic acids is 1. The first-order valence-corrected chi connectivity index (χ1v) is 3.16. The van der Waals surface area contributed by atoms with Gasteiger partial charge in [0, 0.05) is 5.56 Å². The average Bonchev–Trinajstić information content (AvgIpc) is 2.03. The zero-order valence-electron chi connectivity index (χ0n) is 6.02. The predicted octanol–water partition coefficient (Wildman–Crippen LogP) is 0.903. The van der Waals surface area contributed by atoms with Crippen molar-refractivity contribution in [1.82, 2.24) is 0 Å². The van der Waals surface area contributed by atoms with Gasteiger partial charge in [-0.05, 0) is 18.2 Å². The molecule has 0 atom stereocenters. The van der Waals surface area contributed by atoms with E-state index in [2.05, 4.69) is 0 Å². The highest BCUT2D eigenvalue weighted by molar-refractivity contribution is 5.97. The van der Waals surface area contributed by atoms with Crippen molar-refractivity contribution < 1.29 is 19.8 Å². The molecule has 0 bridgehead atoms. The third kappa shape index (κ3) is 1.42. The van der Waals surface area contributed by atoms with Crippen molar-refractivity contribution in [1.29, 1.82) is 0 Å². The van der Waals surface area contributed by atoms with Gasteiger partial charge in [0.1, 0.15) is 5.75 Å². The minimum Gasteiger partial charge on any atom is -0.508 e. The highest BCUT2D eigenvalue weighted by Gasteiger charge is 2.08. The molecule has 0 heterocycles. The van der Waals surface area contributed by atoms with Crippen molar-refractivity contribution in [2.45, 2.75) is 0 Å². The van der Waals surface area contributed by atoms with Crippen LogP contribution in [0.3, 0.4) is 0 Å². The van der Waals surface area contributed by atoms with Crippen LogP contribution in [-0.2, 0) is 0 Å². The van der Waals surface area contributed by atoms with E-state index < -0.39 is 5.97 Å². The number of carbonyl (C=O) groups excluding carboxylic acids is 1. The van der Waals surface area contributed by atoms with E-state index >= 15 is 0 Å². The van der Waals surface area contributed by atoms with Crippen LogP contribution in [0.5, 0.6) is 5.75 Å². The van der Waals surface area contributed by atoms with Crippen molar-refractivity contribution in [3.63, 3.8) is 0 Å². The topological polar surface area (TPSA) is 74.6 Å². The maximum Gasteiger partial charge on any atom is 0.336 e. The van der Waals surface area contributed by atoms with Crippen LogP contribution in [0.25, 0.3) is 0 Å². The molecule has 0 saturated heterocycles. The normalized spacial score (nSPS) is 9.33. The van der Waals surface area contributed by atoms with Crippen molar-refractivity contribution in [2.24, 2.45) is 0 Å². The molecule has 0 spiro atoms. The predicted molar refractivity (Wildman–Crippen MR) is 40.5 cm³/mol. The smallest absolute Gasteiger partial charge is 0.336 e. The summed E-state index contributed by atoms with van der Waals surface area (Å²) in [6.07, 6.45) is 0.392. The quantitative estimate of drug-likeness (QED) is 0.640. The number of phenolic OH excluding ortho intramolecular Hbond substituents is 1. The minimum absolute atomic E-state index is 0.0255. The van der Waals surface area contributed by atoms with Gasteiger partial charge < -0.3 is 10.2 Å². The summed E-state index contributed by atoms with van der Waals surface area (Å²) in [4.78, 5) is 20.8. The summed E-state index contributed by atoms with van der Waals surface area (Å²) >= 11 is 0. The Morgan fingerprint density at radius 3 is 2.58 bits per heavy atom. The monoisotopic (exact) mass is 166 g/mol. The van der Waals surface area contributed by atoms with Gasteiger partial charge in [0.05, 0.1) is 5.56 Å². The molecular formula is C8H6O4. The molecule has 12 heavy (non-hydrogen) atoms. The lowest BCUT2D eigenvalue weighted by Gasteiger charge is -1.98. The maximum atomic E-state index is 10.5. The molecule has 0 fully saturated rings. The third-order valence-corrected chi connectivity index (χ3v) is 1.39. The Morgan fingerprint density at radius 1 is 1.42 bits per heavy atom. The number of aldehydes is 1. The van der Waals surface area contributed by atoms with Crippen LogP contribution in [0.1, 0.15) is 20.7 Å². The summed E-state index contributed by atoms with van der Waals surface area (Å²) in [6.45, 7) is 0.